The van der Waals surface area contributed by atoms with Crippen molar-refractivity contribution >= 4 is 17.2 Å². The molecule has 5 N–H and O–H groups in total. The highest BCUT2D eigenvalue weighted by atomic mass is 16.3. The van der Waals surface area contributed by atoms with Gasteiger partial charge in [-0.3, -0.25) is 4.79 Å². The third-order valence-electron chi connectivity index (χ3n) is 2.89. The first-order valence-corrected chi connectivity index (χ1v) is 5.78. The number of carbonyl (C=O) groups is 1. The molecule has 1 unspecified atom stereocenters. The molecule has 0 spiro atoms. The fraction of sp³-hybridized carbons (Fsp3) is 0.154. The number of hydrogen-bond acceptors (Lipinski definition) is 5. The number of benzene rings is 1. The van der Waals surface area contributed by atoms with E-state index in [4.69, 9.17) is 11.5 Å². The lowest BCUT2D eigenvalue weighted by atomic mass is 9.95. The van der Waals surface area contributed by atoms with Gasteiger partial charge in [-0.25, -0.2) is 0 Å². The van der Waals surface area contributed by atoms with E-state index in [9.17, 15) is 9.70 Å². The van der Waals surface area contributed by atoms with Crippen molar-refractivity contribution in [2.75, 3.05) is 11.9 Å². The number of hydrogen-bond donors (Lipinski definition) is 3. The van der Waals surface area contributed by atoms with Crippen LogP contribution in [0.2, 0.25) is 0 Å². The largest absolute Gasteiger partial charge is 0.400 e. The highest BCUT2D eigenvalue weighted by Gasteiger charge is 2.24. The van der Waals surface area contributed by atoms with Crippen LogP contribution in [0.4, 0.5) is 5.69 Å². The zero-order chi connectivity index (χ0) is 13.8. The molecule has 1 heterocycles. The van der Waals surface area contributed by atoms with Gasteiger partial charge >= 0.3 is 5.91 Å². The Morgan fingerprint density at radius 3 is 2.84 bits per heavy atom. The molecule has 19 heavy (non-hydrogen) atoms. The molecule has 0 fully saturated rings. The summed E-state index contributed by atoms with van der Waals surface area (Å²) in [5.41, 5.74) is 13.4. The van der Waals surface area contributed by atoms with E-state index in [0.29, 0.717) is 17.8 Å². The van der Waals surface area contributed by atoms with Gasteiger partial charge < -0.3 is 16.8 Å². The first-order valence-electron chi connectivity index (χ1n) is 5.78. The molecule has 1 aliphatic rings. The van der Waals surface area contributed by atoms with E-state index in [-0.39, 0.29) is 11.6 Å². The van der Waals surface area contributed by atoms with Crippen molar-refractivity contribution in [3.05, 3.63) is 52.6 Å². The number of amides is 1. The van der Waals surface area contributed by atoms with Gasteiger partial charge in [0.1, 0.15) is 0 Å². The number of nitrogens with two attached hydrogens (primary N) is 2. The summed E-state index contributed by atoms with van der Waals surface area (Å²) >= 11 is 0. The molecule has 0 radical (unpaired) electrons. The van der Waals surface area contributed by atoms with Crippen molar-refractivity contribution < 1.29 is 4.79 Å². The minimum Gasteiger partial charge on any atom is -0.400 e. The summed E-state index contributed by atoms with van der Waals surface area (Å²) in [6, 6.07) is 6.79. The second kappa shape index (κ2) is 5.45. The molecule has 1 atom stereocenters. The highest BCUT2D eigenvalue weighted by Crippen LogP contribution is 2.31. The summed E-state index contributed by atoms with van der Waals surface area (Å²) in [5, 5.41) is 5.65. The maximum absolute atomic E-state index is 11.6. The monoisotopic (exact) mass is 258 g/mol. The van der Waals surface area contributed by atoms with E-state index in [1.54, 1.807) is 24.3 Å². The standard InChI is InChI=1S/C13H14N4O2/c14-6-5-10(15)12-7-9(13(18)17-19)8-3-1-2-4-11(8)16-12/h1-5,7,12,16H,6,14-15H2/b10-5-. The second-order valence-electron chi connectivity index (χ2n) is 4.08. The van der Waals surface area contributed by atoms with Gasteiger partial charge in [-0.05, 0) is 18.2 Å². The topological polar surface area (TPSA) is 111 Å². The van der Waals surface area contributed by atoms with E-state index >= 15 is 0 Å². The molecule has 1 aliphatic heterocycles. The zero-order valence-corrected chi connectivity index (χ0v) is 10.2. The number of nitrogens with one attached hydrogen (secondary N) is 1. The van der Waals surface area contributed by atoms with Gasteiger partial charge in [0.2, 0.25) is 0 Å². The van der Waals surface area contributed by atoms with Crippen LogP contribution in [0.25, 0.3) is 5.57 Å². The predicted molar refractivity (Wildman–Crippen MR) is 74.0 cm³/mol. The van der Waals surface area contributed by atoms with Crippen LogP contribution < -0.4 is 16.8 Å². The van der Waals surface area contributed by atoms with E-state index in [2.05, 4.69) is 10.5 Å². The van der Waals surface area contributed by atoms with Crippen molar-refractivity contribution in [1.82, 2.24) is 0 Å². The van der Waals surface area contributed by atoms with Gasteiger partial charge in [0.25, 0.3) is 0 Å². The molecule has 1 aromatic rings. The SMILES string of the molecule is NC/C=C(\N)C1C=C(C(=O)N=O)c2ccccc2N1. The molecule has 0 saturated carbocycles. The lowest BCUT2D eigenvalue weighted by molar-refractivity contribution is -0.112. The molecule has 98 valence electrons. The Bertz CT molecular complexity index is 578. The Kier molecular flexibility index (Phi) is 3.72. The number of fused-ring (bicyclic) bond motifs is 1. The Hall–Kier alpha value is -2.47. The van der Waals surface area contributed by atoms with Crippen LogP contribution in [0.3, 0.4) is 0 Å². The van der Waals surface area contributed by atoms with Crippen LogP contribution >= 0.6 is 0 Å². The summed E-state index contributed by atoms with van der Waals surface area (Å²) in [4.78, 5) is 22.1. The molecule has 6 heteroatoms. The molecule has 0 bridgehead atoms. The minimum absolute atomic E-state index is 0.253. The maximum Gasteiger partial charge on any atom is 0.317 e. The number of rotatable bonds is 3. The van der Waals surface area contributed by atoms with Gasteiger partial charge in [0.15, 0.2) is 0 Å². The number of nitroso groups, excluding NO2 is 1. The number of para-hydroxylation sites is 1. The van der Waals surface area contributed by atoms with Crippen LogP contribution in [0, 0.1) is 4.91 Å². The third-order valence-corrected chi connectivity index (χ3v) is 2.89. The number of nitrogens with zero attached hydrogens (tertiary/aromatic N) is 1. The summed E-state index contributed by atoms with van der Waals surface area (Å²) < 4.78 is 0. The third kappa shape index (κ3) is 2.53. The van der Waals surface area contributed by atoms with Gasteiger partial charge in [0, 0.05) is 28.7 Å². The summed E-state index contributed by atoms with van der Waals surface area (Å²) in [7, 11) is 0. The first-order chi connectivity index (χ1) is 9.17. The average Bonchev–Trinajstić information content (AvgIpc) is 2.45. The molecule has 0 aliphatic carbocycles. The van der Waals surface area contributed by atoms with E-state index in [1.807, 2.05) is 12.1 Å². The summed E-state index contributed by atoms with van der Waals surface area (Å²) in [5.74, 6) is -0.806. The van der Waals surface area contributed by atoms with Crippen LogP contribution in [0.1, 0.15) is 5.56 Å². The van der Waals surface area contributed by atoms with E-state index in [1.165, 1.54) is 0 Å². The van der Waals surface area contributed by atoms with Crippen LogP contribution in [0.15, 0.2) is 47.3 Å². The lowest BCUT2D eigenvalue weighted by Gasteiger charge is -2.25. The lowest BCUT2D eigenvalue weighted by Crippen LogP contribution is -2.29. The van der Waals surface area contributed by atoms with E-state index < -0.39 is 5.91 Å². The summed E-state index contributed by atoms with van der Waals surface area (Å²) in [6.45, 7) is 0.300. The fourth-order valence-electron chi connectivity index (χ4n) is 1.99. The van der Waals surface area contributed by atoms with Crippen molar-refractivity contribution in [3.63, 3.8) is 0 Å². The normalized spacial score (nSPS) is 18.1. The van der Waals surface area contributed by atoms with Crippen molar-refractivity contribution in [3.8, 4) is 0 Å². The van der Waals surface area contributed by atoms with E-state index in [0.717, 1.165) is 5.69 Å². The predicted octanol–water partition coefficient (Wildman–Crippen LogP) is 0.958. The highest BCUT2D eigenvalue weighted by molar-refractivity contribution is 6.22. The Balaban J connectivity index is 2.48. The number of carbonyl (C=O) groups excluding carboxylic acids is 1. The van der Waals surface area contributed by atoms with Crippen molar-refractivity contribution in [2.45, 2.75) is 6.04 Å². The molecule has 2 rings (SSSR count). The summed E-state index contributed by atoms with van der Waals surface area (Å²) in [6.07, 6.45) is 3.24. The Morgan fingerprint density at radius 2 is 2.16 bits per heavy atom. The quantitative estimate of drug-likeness (QED) is 0.699. The molecule has 0 aromatic heterocycles. The van der Waals surface area contributed by atoms with Crippen LogP contribution in [-0.4, -0.2) is 18.5 Å². The minimum atomic E-state index is -0.806. The van der Waals surface area contributed by atoms with Gasteiger partial charge in [-0.2, -0.15) is 0 Å². The molecule has 1 aromatic carbocycles. The molecular formula is C13H14N4O2. The molecule has 1 amide bonds. The second-order valence-corrected chi connectivity index (χ2v) is 4.08. The first kappa shape index (κ1) is 13.0. The van der Waals surface area contributed by atoms with Gasteiger partial charge in [0.05, 0.1) is 11.6 Å². The van der Waals surface area contributed by atoms with Gasteiger partial charge in [-0.15, -0.1) is 4.91 Å². The van der Waals surface area contributed by atoms with Gasteiger partial charge in [-0.1, -0.05) is 18.2 Å². The van der Waals surface area contributed by atoms with Crippen LogP contribution in [-0.2, 0) is 4.79 Å². The molecular weight excluding hydrogens is 244 g/mol. The smallest absolute Gasteiger partial charge is 0.317 e. The molecule has 0 saturated heterocycles. The molecule has 6 nitrogen and oxygen atoms in total. The van der Waals surface area contributed by atoms with Crippen LogP contribution in [0.5, 0.6) is 0 Å². The van der Waals surface area contributed by atoms with Crippen molar-refractivity contribution in [1.29, 1.82) is 0 Å². The maximum atomic E-state index is 11.6. The average molecular weight is 258 g/mol. The Labute approximate surface area is 110 Å². The number of anilines is 1. The Morgan fingerprint density at radius 1 is 1.42 bits per heavy atom. The fourth-order valence-corrected chi connectivity index (χ4v) is 1.99. The zero-order valence-electron chi connectivity index (χ0n) is 10.2. The van der Waals surface area contributed by atoms with Crippen molar-refractivity contribution in [2.24, 2.45) is 16.6 Å².